The molecule has 2 aliphatic rings. The van der Waals surface area contributed by atoms with Crippen LogP contribution in [0.2, 0.25) is 0 Å². The molecule has 2 amide bonds. The van der Waals surface area contributed by atoms with Crippen molar-refractivity contribution in [3.05, 3.63) is 30.0 Å². The third-order valence-electron chi connectivity index (χ3n) is 5.32. The van der Waals surface area contributed by atoms with Gasteiger partial charge in [0.05, 0.1) is 37.3 Å². The highest BCUT2D eigenvalue weighted by molar-refractivity contribution is 5.85. The van der Waals surface area contributed by atoms with Crippen molar-refractivity contribution in [2.45, 2.75) is 38.0 Å². The molecule has 0 radical (unpaired) electrons. The number of amides is 2. The van der Waals surface area contributed by atoms with E-state index in [0.717, 1.165) is 23.8 Å². The minimum atomic E-state index is -0.287. The number of carbonyl (C=O) groups is 1. The molecule has 0 saturated carbocycles. The zero-order chi connectivity index (χ0) is 18.9. The molecular formula is C20H26N2O5. The fourth-order valence-electron chi connectivity index (χ4n) is 4.08. The molecule has 2 fully saturated rings. The van der Waals surface area contributed by atoms with E-state index in [4.69, 9.17) is 18.6 Å². The summed E-state index contributed by atoms with van der Waals surface area (Å²) in [5.41, 5.74) is 0.462. The van der Waals surface area contributed by atoms with Crippen LogP contribution in [0.1, 0.15) is 25.5 Å². The van der Waals surface area contributed by atoms with Crippen molar-refractivity contribution >= 4 is 17.0 Å². The molecule has 0 bridgehead atoms. The summed E-state index contributed by atoms with van der Waals surface area (Å²) >= 11 is 0. The predicted molar refractivity (Wildman–Crippen MR) is 99.9 cm³/mol. The Hall–Kier alpha value is -2.25. The molecular weight excluding hydrogens is 348 g/mol. The fraction of sp³-hybridized carbons (Fsp3) is 0.550. The molecule has 4 rings (SSSR count). The summed E-state index contributed by atoms with van der Waals surface area (Å²) < 4.78 is 23.0. The topological polar surface area (TPSA) is 73.2 Å². The van der Waals surface area contributed by atoms with Crippen LogP contribution in [0.3, 0.4) is 0 Å². The van der Waals surface area contributed by atoms with Gasteiger partial charge in [-0.1, -0.05) is 12.1 Å². The van der Waals surface area contributed by atoms with Crippen LogP contribution in [0.25, 0.3) is 11.0 Å². The third-order valence-corrected chi connectivity index (χ3v) is 5.32. The van der Waals surface area contributed by atoms with Gasteiger partial charge >= 0.3 is 6.03 Å². The third kappa shape index (κ3) is 3.61. The maximum Gasteiger partial charge on any atom is 0.317 e. The van der Waals surface area contributed by atoms with Crippen LogP contribution in [-0.2, 0) is 16.0 Å². The monoisotopic (exact) mass is 374 g/mol. The number of morpholine rings is 1. The molecule has 2 saturated heterocycles. The van der Waals surface area contributed by atoms with Crippen molar-refractivity contribution in [3.8, 4) is 5.75 Å². The van der Waals surface area contributed by atoms with Gasteiger partial charge in [0.2, 0.25) is 0 Å². The quantitative estimate of drug-likeness (QED) is 0.894. The Kier molecular flexibility index (Phi) is 4.97. The maximum absolute atomic E-state index is 12.8. The molecule has 1 atom stereocenters. The lowest BCUT2D eigenvalue weighted by Crippen LogP contribution is -2.60. The summed E-state index contributed by atoms with van der Waals surface area (Å²) in [7, 11) is 1.61. The predicted octanol–water partition coefficient (Wildman–Crippen LogP) is 2.92. The van der Waals surface area contributed by atoms with E-state index < -0.39 is 0 Å². The van der Waals surface area contributed by atoms with E-state index >= 15 is 0 Å². The minimum Gasteiger partial charge on any atom is -0.492 e. The Morgan fingerprint density at radius 3 is 2.89 bits per heavy atom. The van der Waals surface area contributed by atoms with Crippen LogP contribution >= 0.6 is 0 Å². The Labute approximate surface area is 158 Å². The molecule has 2 aromatic rings. The van der Waals surface area contributed by atoms with Crippen LogP contribution in [0, 0.1) is 0 Å². The van der Waals surface area contributed by atoms with Gasteiger partial charge in [-0.3, -0.25) is 0 Å². The molecule has 0 aliphatic carbocycles. The van der Waals surface area contributed by atoms with Gasteiger partial charge in [0, 0.05) is 32.6 Å². The van der Waals surface area contributed by atoms with Gasteiger partial charge in [-0.15, -0.1) is 0 Å². The highest BCUT2D eigenvalue weighted by Crippen LogP contribution is 2.33. The summed E-state index contributed by atoms with van der Waals surface area (Å²) in [5, 5.41) is 3.88. The average Bonchev–Trinajstić information content (AvgIpc) is 3.03. The van der Waals surface area contributed by atoms with Crippen molar-refractivity contribution < 1.29 is 23.4 Å². The Morgan fingerprint density at radius 2 is 2.11 bits per heavy atom. The highest BCUT2D eigenvalue weighted by atomic mass is 16.5. The number of ether oxygens (including phenoxy) is 3. The van der Waals surface area contributed by atoms with Gasteiger partial charge in [0.1, 0.15) is 5.58 Å². The van der Waals surface area contributed by atoms with Gasteiger partial charge in [0.15, 0.2) is 11.5 Å². The summed E-state index contributed by atoms with van der Waals surface area (Å²) in [5.74, 6) is 1.29. The Morgan fingerprint density at radius 1 is 1.33 bits per heavy atom. The smallest absolute Gasteiger partial charge is 0.317 e. The van der Waals surface area contributed by atoms with E-state index in [2.05, 4.69) is 5.32 Å². The second-order valence-electron chi connectivity index (χ2n) is 7.32. The number of nitrogens with zero attached hydrogens (tertiary/aromatic N) is 1. The Bertz CT molecular complexity index is 812. The molecule has 2 aliphatic heterocycles. The van der Waals surface area contributed by atoms with E-state index in [1.165, 1.54) is 0 Å². The molecule has 1 spiro atoms. The largest absolute Gasteiger partial charge is 0.492 e. The van der Waals surface area contributed by atoms with Gasteiger partial charge in [0.25, 0.3) is 0 Å². The number of furan rings is 1. The van der Waals surface area contributed by atoms with Crippen molar-refractivity contribution in [2.24, 2.45) is 0 Å². The van der Waals surface area contributed by atoms with Crippen molar-refractivity contribution in [1.29, 1.82) is 0 Å². The lowest BCUT2D eigenvalue weighted by Gasteiger charge is -2.47. The second kappa shape index (κ2) is 7.40. The number of methoxy groups -OCH3 is 1. The normalized spacial score (nSPS) is 22.1. The van der Waals surface area contributed by atoms with Gasteiger partial charge in [-0.05, 0) is 19.1 Å². The molecule has 7 heteroatoms. The molecule has 1 aromatic carbocycles. The SMILES string of the molecule is COc1c(CNC(=O)N2CC(C)OC3(CCOCC3)C2)oc2ccccc12. The van der Waals surface area contributed by atoms with Crippen LogP contribution in [0.15, 0.2) is 28.7 Å². The number of rotatable bonds is 3. The lowest BCUT2D eigenvalue weighted by atomic mass is 9.91. The molecule has 1 unspecified atom stereocenters. The summed E-state index contributed by atoms with van der Waals surface area (Å²) in [4.78, 5) is 14.6. The van der Waals surface area contributed by atoms with E-state index in [9.17, 15) is 4.79 Å². The van der Waals surface area contributed by atoms with E-state index in [1.807, 2.05) is 36.1 Å². The van der Waals surface area contributed by atoms with Gasteiger partial charge in [-0.2, -0.15) is 0 Å². The number of fused-ring (bicyclic) bond motifs is 1. The van der Waals surface area contributed by atoms with Crippen molar-refractivity contribution in [2.75, 3.05) is 33.4 Å². The molecule has 1 aromatic heterocycles. The highest BCUT2D eigenvalue weighted by Gasteiger charge is 2.42. The standard InChI is InChI=1S/C20H26N2O5/c1-14-12-22(13-20(27-14)7-9-25-10-8-20)19(23)21-11-17-18(24-2)15-5-3-4-6-16(15)26-17/h3-6,14H,7-13H2,1-2H3,(H,21,23). The average molecular weight is 374 g/mol. The number of hydrogen-bond donors (Lipinski definition) is 1. The first-order valence-corrected chi connectivity index (χ1v) is 9.43. The zero-order valence-electron chi connectivity index (χ0n) is 15.8. The summed E-state index contributed by atoms with van der Waals surface area (Å²) in [6, 6.07) is 7.57. The van der Waals surface area contributed by atoms with Gasteiger partial charge < -0.3 is 28.8 Å². The Balaban J connectivity index is 1.44. The van der Waals surface area contributed by atoms with Crippen molar-refractivity contribution in [1.82, 2.24) is 10.2 Å². The molecule has 7 nitrogen and oxygen atoms in total. The fourth-order valence-corrected chi connectivity index (χ4v) is 4.08. The number of para-hydroxylation sites is 1. The minimum absolute atomic E-state index is 0.00309. The van der Waals surface area contributed by atoms with Gasteiger partial charge in [-0.25, -0.2) is 4.79 Å². The number of hydrogen-bond acceptors (Lipinski definition) is 5. The number of nitrogens with one attached hydrogen (secondary N) is 1. The zero-order valence-corrected chi connectivity index (χ0v) is 15.8. The molecule has 27 heavy (non-hydrogen) atoms. The molecule has 146 valence electrons. The first-order valence-electron chi connectivity index (χ1n) is 9.43. The first-order chi connectivity index (χ1) is 13.1. The van der Waals surface area contributed by atoms with Crippen LogP contribution in [0.5, 0.6) is 5.75 Å². The first kappa shape index (κ1) is 18.1. The van der Waals surface area contributed by atoms with Crippen molar-refractivity contribution in [3.63, 3.8) is 0 Å². The van der Waals surface area contributed by atoms with Crippen LogP contribution < -0.4 is 10.1 Å². The van der Waals surface area contributed by atoms with Crippen LogP contribution in [0.4, 0.5) is 4.79 Å². The van der Waals surface area contributed by atoms with E-state index in [0.29, 0.717) is 37.8 Å². The van der Waals surface area contributed by atoms with Crippen LogP contribution in [-0.4, -0.2) is 56.0 Å². The molecule has 1 N–H and O–H groups in total. The molecule has 3 heterocycles. The summed E-state index contributed by atoms with van der Waals surface area (Å²) in [6.45, 7) is 4.81. The van der Waals surface area contributed by atoms with E-state index in [1.54, 1.807) is 7.11 Å². The maximum atomic E-state index is 12.8. The number of benzene rings is 1. The second-order valence-corrected chi connectivity index (χ2v) is 7.32. The number of urea groups is 1. The number of carbonyl (C=O) groups excluding carboxylic acids is 1. The lowest BCUT2D eigenvalue weighted by molar-refractivity contribution is -0.175. The summed E-state index contributed by atoms with van der Waals surface area (Å²) in [6.07, 6.45) is 1.64. The van der Waals surface area contributed by atoms with E-state index in [-0.39, 0.29) is 24.3 Å².